The van der Waals surface area contributed by atoms with Crippen molar-refractivity contribution in [2.75, 3.05) is 11.9 Å². The Hall–Kier alpha value is -1.39. The van der Waals surface area contributed by atoms with Gasteiger partial charge in [0, 0.05) is 30.8 Å². The third-order valence-electron chi connectivity index (χ3n) is 3.28. The third-order valence-corrected chi connectivity index (χ3v) is 3.28. The maximum atomic E-state index is 12.0. The number of aryl methyl sites for hydroxylation is 1. The van der Waals surface area contributed by atoms with Gasteiger partial charge in [0.15, 0.2) is 0 Å². The van der Waals surface area contributed by atoms with E-state index in [9.17, 15) is 4.79 Å². The van der Waals surface area contributed by atoms with Crippen molar-refractivity contribution in [3.63, 3.8) is 0 Å². The Morgan fingerprint density at radius 2 is 1.95 bits per heavy atom. The molecule has 4 nitrogen and oxygen atoms in total. The van der Waals surface area contributed by atoms with Gasteiger partial charge >= 0.3 is 0 Å². The van der Waals surface area contributed by atoms with Crippen molar-refractivity contribution in [3.8, 4) is 0 Å². The molecule has 1 rings (SSSR count). The van der Waals surface area contributed by atoms with Crippen LogP contribution < -0.4 is 10.6 Å². The van der Waals surface area contributed by atoms with Gasteiger partial charge in [0.1, 0.15) is 0 Å². The quantitative estimate of drug-likeness (QED) is 0.684. The lowest BCUT2D eigenvalue weighted by Gasteiger charge is -2.19. The number of aliphatic hydroxyl groups is 1. The molecule has 2 unspecified atom stereocenters. The predicted octanol–water partition coefficient (Wildman–Crippen LogP) is 2.46. The molecule has 0 saturated carbocycles. The van der Waals surface area contributed by atoms with Crippen molar-refractivity contribution in [1.29, 1.82) is 0 Å². The summed E-state index contributed by atoms with van der Waals surface area (Å²) >= 11 is 0. The Kier molecular flexibility index (Phi) is 7.26. The SMILES string of the molecule is Cc1ccccc1NC(=O)CC(C)NC(C)CCCO. The van der Waals surface area contributed by atoms with Crippen molar-refractivity contribution < 1.29 is 9.90 Å². The average Bonchev–Trinajstić information content (AvgIpc) is 2.38. The first-order chi connectivity index (χ1) is 9.52. The van der Waals surface area contributed by atoms with Crippen LogP contribution in [0.4, 0.5) is 5.69 Å². The Morgan fingerprint density at radius 1 is 1.25 bits per heavy atom. The van der Waals surface area contributed by atoms with Crippen molar-refractivity contribution in [1.82, 2.24) is 5.32 Å². The second kappa shape index (κ2) is 8.72. The molecule has 4 heteroatoms. The molecule has 0 spiro atoms. The molecule has 0 aliphatic heterocycles. The summed E-state index contributed by atoms with van der Waals surface area (Å²) in [6.45, 7) is 6.28. The Morgan fingerprint density at radius 3 is 2.60 bits per heavy atom. The number of carbonyl (C=O) groups is 1. The molecular formula is C16H26N2O2. The van der Waals surface area contributed by atoms with Crippen molar-refractivity contribution in [2.45, 2.75) is 52.1 Å². The van der Waals surface area contributed by atoms with Gasteiger partial charge < -0.3 is 15.7 Å². The number of rotatable bonds is 8. The summed E-state index contributed by atoms with van der Waals surface area (Å²) in [7, 11) is 0. The van der Waals surface area contributed by atoms with Crippen LogP contribution in [0.15, 0.2) is 24.3 Å². The molecule has 0 bridgehead atoms. The number of benzene rings is 1. The smallest absolute Gasteiger partial charge is 0.225 e. The molecule has 2 atom stereocenters. The molecule has 1 aromatic carbocycles. The normalized spacial score (nSPS) is 13.8. The van der Waals surface area contributed by atoms with Crippen LogP contribution in [0.2, 0.25) is 0 Å². The molecule has 20 heavy (non-hydrogen) atoms. The zero-order valence-corrected chi connectivity index (χ0v) is 12.6. The van der Waals surface area contributed by atoms with Crippen LogP contribution in [-0.4, -0.2) is 29.7 Å². The van der Waals surface area contributed by atoms with E-state index in [2.05, 4.69) is 17.6 Å². The van der Waals surface area contributed by atoms with E-state index in [0.717, 1.165) is 24.1 Å². The van der Waals surface area contributed by atoms with Crippen LogP contribution in [0.3, 0.4) is 0 Å². The lowest BCUT2D eigenvalue weighted by Crippen LogP contribution is -2.37. The van der Waals surface area contributed by atoms with Gasteiger partial charge in [-0.3, -0.25) is 4.79 Å². The average molecular weight is 278 g/mol. The highest BCUT2D eigenvalue weighted by molar-refractivity contribution is 5.91. The van der Waals surface area contributed by atoms with Gasteiger partial charge in [0.2, 0.25) is 5.91 Å². The molecule has 0 aliphatic rings. The maximum Gasteiger partial charge on any atom is 0.225 e. The Balaban J connectivity index is 2.36. The minimum absolute atomic E-state index is 0.0219. The number of hydrogen-bond acceptors (Lipinski definition) is 3. The van der Waals surface area contributed by atoms with Crippen molar-refractivity contribution >= 4 is 11.6 Å². The van der Waals surface area contributed by atoms with Crippen LogP contribution >= 0.6 is 0 Å². The molecule has 0 aromatic heterocycles. The number of hydrogen-bond donors (Lipinski definition) is 3. The van der Waals surface area contributed by atoms with E-state index in [0.29, 0.717) is 12.5 Å². The van der Waals surface area contributed by atoms with E-state index < -0.39 is 0 Å². The molecule has 0 saturated heterocycles. The minimum Gasteiger partial charge on any atom is -0.396 e. The lowest BCUT2D eigenvalue weighted by atomic mass is 10.1. The largest absolute Gasteiger partial charge is 0.396 e. The fourth-order valence-electron chi connectivity index (χ4n) is 2.22. The van der Waals surface area contributed by atoms with Gasteiger partial charge in [-0.1, -0.05) is 18.2 Å². The van der Waals surface area contributed by atoms with E-state index >= 15 is 0 Å². The summed E-state index contributed by atoms with van der Waals surface area (Å²) < 4.78 is 0. The van der Waals surface area contributed by atoms with Crippen molar-refractivity contribution in [2.24, 2.45) is 0 Å². The zero-order chi connectivity index (χ0) is 15.0. The van der Waals surface area contributed by atoms with Gasteiger partial charge in [0.25, 0.3) is 0 Å². The van der Waals surface area contributed by atoms with Crippen molar-refractivity contribution in [3.05, 3.63) is 29.8 Å². The summed E-state index contributed by atoms with van der Waals surface area (Å²) in [5.41, 5.74) is 1.94. The molecule has 3 N–H and O–H groups in total. The fourth-order valence-corrected chi connectivity index (χ4v) is 2.22. The fraction of sp³-hybridized carbons (Fsp3) is 0.562. The monoisotopic (exact) mass is 278 g/mol. The zero-order valence-electron chi connectivity index (χ0n) is 12.6. The van der Waals surface area contributed by atoms with Gasteiger partial charge in [-0.2, -0.15) is 0 Å². The van der Waals surface area contributed by atoms with E-state index in [1.807, 2.05) is 38.1 Å². The van der Waals surface area contributed by atoms with E-state index in [4.69, 9.17) is 5.11 Å². The summed E-state index contributed by atoms with van der Waals surface area (Å²) in [6, 6.07) is 8.19. The standard InChI is InChI=1S/C16H26N2O2/c1-12-7-4-5-9-15(12)18-16(20)11-14(3)17-13(2)8-6-10-19/h4-5,7,9,13-14,17,19H,6,8,10-11H2,1-3H3,(H,18,20). The summed E-state index contributed by atoms with van der Waals surface area (Å²) in [5, 5.41) is 15.1. The van der Waals surface area contributed by atoms with E-state index in [1.165, 1.54) is 0 Å². The van der Waals surface area contributed by atoms with Crippen LogP contribution in [0.5, 0.6) is 0 Å². The molecular weight excluding hydrogens is 252 g/mol. The van der Waals surface area contributed by atoms with Crippen LogP contribution in [0.1, 0.15) is 38.7 Å². The summed E-state index contributed by atoms with van der Waals surface area (Å²) in [5.74, 6) is 0.0219. The highest BCUT2D eigenvalue weighted by Crippen LogP contribution is 2.13. The number of amides is 1. The Labute approximate surface area is 121 Å². The number of aliphatic hydroxyl groups excluding tert-OH is 1. The van der Waals surface area contributed by atoms with Crippen LogP contribution in [0, 0.1) is 6.92 Å². The van der Waals surface area contributed by atoms with Crippen LogP contribution in [-0.2, 0) is 4.79 Å². The number of nitrogens with one attached hydrogen (secondary N) is 2. The molecule has 1 aromatic rings. The molecule has 112 valence electrons. The number of anilines is 1. The first kappa shape index (κ1) is 16.7. The first-order valence-electron chi connectivity index (χ1n) is 7.25. The Bertz CT molecular complexity index is 421. The van der Waals surface area contributed by atoms with Gasteiger partial charge in [0.05, 0.1) is 0 Å². The van der Waals surface area contributed by atoms with Gasteiger partial charge in [-0.05, 0) is 45.2 Å². The molecule has 0 radical (unpaired) electrons. The summed E-state index contributed by atoms with van der Waals surface area (Å²) in [4.78, 5) is 12.0. The minimum atomic E-state index is 0.0219. The maximum absolute atomic E-state index is 12.0. The predicted molar refractivity (Wildman–Crippen MR) is 82.8 cm³/mol. The molecule has 0 fully saturated rings. The highest BCUT2D eigenvalue weighted by atomic mass is 16.2. The van der Waals surface area contributed by atoms with E-state index in [1.54, 1.807) is 0 Å². The molecule has 0 aliphatic carbocycles. The highest BCUT2D eigenvalue weighted by Gasteiger charge is 2.12. The first-order valence-corrected chi connectivity index (χ1v) is 7.25. The summed E-state index contributed by atoms with van der Waals surface area (Å²) in [6.07, 6.45) is 2.15. The topological polar surface area (TPSA) is 61.4 Å². The third kappa shape index (κ3) is 6.17. The molecule has 1 amide bonds. The van der Waals surface area contributed by atoms with Gasteiger partial charge in [-0.25, -0.2) is 0 Å². The second-order valence-corrected chi connectivity index (χ2v) is 5.40. The van der Waals surface area contributed by atoms with Gasteiger partial charge in [-0.15, -0.1) is 0 Å². The van der Waals surface area contributed by atoms with Crippen LogP contribution in [0.25, 0.3) is 0 Å². The number of carbonyl (C=O) groups excluding carboxylic acids is 1. The lowest BCUT2D eigenvalue weighted by molar-refractivity contribution is -0.116. The number of para-hydroxylation sites is 1. The van der Waals surface area contributed by atoms with E-state index in [-0.39, 0.29) is 18.6 Å². The second-order valence-electron chi connectivity index (χ2n) is 5.40. The molecule has 0 heterocycles.